The van der Waals surface area contributed by atoms with Crippen molar-refractivity contribution in [3.05, 3.63) is 29.8 Å². The Kier molecular flexibility index (Phi) is 10.2. The molecular formula is C19H29F3O3S. The zero-order valence-corrected chi connectivity index (χ0v) is 15.9. The molecule has 0 saturated carbocycles. The van der Waals surface area contributed by atoms with Crippen LogP contribution in [0.15, 0.2) is 29.2 Å². The first kappa shape index (κ1) is 23.0. The normalized spacial score (nSPS) is 12.5. The molecule has 0 atom stereocenters. The first-order valence-corrected chi connectivity index (χ1v) is 10.9. The smallest absolute Gasteiger partial charge is 0.396 e. The summed E-state index contributed by atoms with van der Waals surface area (Å²) in [5.74, 6) is -0.0282. The van der Waals surface area contributed by atoms with E-state index in [1.807, 2.05) is 0 Å². The Hall–Kier alpha value is -1.08. The Bertz CT molecular complexity index is 595. The zero-order chi connectivity index (χ0) is 19.5. The van der Waals surface area contributed by atoms with E-state index in [0.29, 0.717) is 6.42 Å². The molecule has 0 heterocycles. The van der Waals surface area contributed by atoms with Crippen LogP contribution in [0.2, 0.25) is 0 Å². The quantitative estimate of drug-likeness (QED) is 0.458. The molecule has 0 saturated heterocycles. The van der Waals surface area contributed by atoms with E-state index in [4.69, 9.17) is 5.11 Å². The topological polar surface area (TPSA) is 54.4 Å². The number of aliphatic hydroxyl groups excluding tert-OH is 1. The highest BCUT2D eigenvalue weighted by molar-refractivity contribution is 7.91. The largest absolute Gasteiger partial charge is 0.416 e. The number of aliphatic hydroxyl groups is 1. The molecule has 0 aromatic heterocycles. The van der Waals surface area contributed by atoms with Crippen molar-refractivity contribution in [2.75, 3.05) is 12.4 Å². The molecule has 1 rings (SSSR count). The third kappa shape index (κ3) is 9.03. The van der Waals surface area contributed by atoms with E-state index in [9.17, 15) is 21.6 Å². The molecule has 0 radical (unpaired) electrons. The fraction of sp³-hybridized carbons (Fsp3) is 0.684. The Morgan fingerprint density at radius 1 is 0.731 bits per heavy atom. The molecule has 1 N–H and O–H groups in total. The summed E-state index contributed by atoms with van der Waals surface area (Å²) in [6, 6.07) is 3.70. The number of hydrogen-bond donors (Lipinski definition) is 1. The van der Waals surface area contributed by atoms with Gasteiger partial charge in [0.2, 0.25) is 0 Å². The van der Waals surface area contributed by atoms with Gasteiger partial charge in [0.1, 0.15) is 0 Å². The standard InChI is InChI=1S/C19H29F3O3S/c20-19(21,22)17-11-13-18(14-12-17)26(24,25)16-10-8-6-4-2-1-3-5-7-9-15-23/h11-14,23H,1-10,15-16H2. The van der Waals surface area contributed by atoms with Gasteiger partial charge in [-0.15, -0.1) is 0 Å². The van der Waals surface area contributed by atoms with Crippen LogP contribution in [-0.2, 0) is 16.0 Å². The van der Waals surface area contributed by atoms with Crippen LogP contribution >= 0.6 is 0 Å². The lowest BCUT2D eigenvalue weighted by atomic mass is 10.1. The third-order valence-electron chi connectivity index (χ3n) is 4.36. The number of benzene rings is 1. The van der Waals surface area contributed by atoms with Crippen molar-refractivity contribution in [1.82, 2.24) is 0 Å². The van der Waals surface area contributed by atoms with Crippen LogP contribution in [0.25, 0.3) is 0 Å². The van der Waals surface area contributed by atoms with Gasteiger partial charge in [-0.2, -0.15) is 13.2 Å². The molecule has 1 aromatic rings. The number of rotatable bonds is 13. The highest BCUT2D eigenvalue weighted by Gasteiger charge is 2.30. The number of halogens is 3. The molecule has 0 bridgehead atoms. The van der Waals surface area contributed by atoms with E-state index in [1.54, 1.807) is 0 Å². The van der Waals surface area contributed by atoms with Crippen LogP contribution < -0.4 is 0 Å². The van der Waals surface area contributed by atoms with Crippen LogP contribution in [-0.4, -0.2) is 25.9 Å². The van der Waals surface area contributed by atoms with Crippen molar-refractivity contribution < 1.29 is 26.7 Å². The van der Waals surface area contributed by atoms with E-state index in [-0.39, 0.29) is 17.3 Å². The Morgan fingerprint density at radius 2 is 1.15 bits per heavy atom. The van der Waals surface area contributed by atoms with Gasteiger partial charge < -0.3 is 5.11 Å². The highest BCUT2D eigenvalue weighted by Crippen LogP contribution is 2.30. The van der Waals surface area contributed by atoms with Gasteiger partial charge in [-0.25, -0.2) is 8.42 Å². The highest BCUT2D eigenvalue weighted by atomic mass is 32.2. The van der Waals surface area contributed by atoms with Crippen molar-refractivity contribution in [2.45, 2.75) is 75.3 Å². The lowest BCUT2D eigenvalue weighted by molar-refractivity contribution is -0.137. The average molecular weight is 394 g/mol. The molecular weight excluding hydrogens is 365 g/mol. The first-order valence-electron chi connectivity index (χ1n) is 9.28. The van der Waals surface area contributed by atoms with Gasteiger partial charge in [-0.1, -0.05) is 51.4 Å². The summed E-state index contributed by atoms with van der Waals surface area (Å²) in [7, 11) is -3.52. The van der Waals surface area contributed by atoms with E-state index in [0.717, 1.165) is 75.6 Å². The number of hydrogen-bond acceptors (Lipinski definition) is 3. The van der Waals surface area contributed by atoms with Crippen molar-refractivity contribution >= 4 is 9.84 Å². The van der Waals surface area contributed by atoms with Crippen molar-refractivity contribution in [3.8, 4) is 0 Å². The van der Waals surface area contributed by atoms with Crippen molar-refractivity contribution in [3.63, 3.8) is 0 Å². The number of alkyl halides is 3. The molecule has 150 valence electrons. The molecule has 0 fully saturated rings. The fourth-order valence-electron chi connectivity index (χ4n) is 2.79. The fourth-order valence-corrected chi connectivity index (χ4v) is 4.16. The lowest BCUT2D eigenvalue weighted by Crippen LogP contribution is -2.09. The second-order valence-electron chi connectivity index (χ2n) is 6.60. The summed E-state index contributed by atoms with van der Waals surface area (Å²) in [5.41, 5.74) is -0.840. The minimum absolute atomic E-state index is 0.0282. The van der Waals surface area contributed by atoms with E-state index < -0.39 is 21.6 Å². The molecule has 7 heteroatoms. The summed E-state index contributed by atoms with van der Waals surface area (Å²) in [6.07, 6.45) is 5.46. The molecule has 0 amide bonds. The van der Waals surface area contributed by atoms with Crippen LogP contribution in [0.3, 0.4) is 0 Å². The van der Waals surface area contributed by atoms with Crippen molar-refractivity contribution in [1.29, 1.82) is 0 Å². The minimum Gasteiger partial charge on any atom is -0.396 e. The Balaban J connectivity index is 2.20. The van der Waals surface area contributed by atoms with Crippen molar-refractivity contribution in [2.24, 2.45) is 0 Å². The zero-order valence-electron chi connectivity index (χ0n) is 15.1. The third-order valence-corrected chi connectivity index (χ3v) is 6.18. The van der Waals surface area contributed by atoms with Gasteiger partial charge >= 0.3 is 6.18 Å². The molecule has 0 aliphatic carbocycles. The van der Waals surface area contributed by atoms with Gasteiger partial charge in [0.15, 0.2) is 9.84 Å². The minimum atomic E-state index is -4.46. The van der Waals surface area contributed by atoms with Gasteiger partial charge in [0.25, 0.3) is 0 Å². The maximum absolute atomic E-state index is 12.5. The second-order valence-corrected chi connectivity index (χ2v) is 8.71. The molecule has 1 aromatic carbocycles. The van der Waals surface area contributed by atoms with E-state index in [1.165, 1.54) is 6.42 Å². The van der Waals surface area contributed by atoms with Crippen LogP contribution in [0.5, 0.6) is 0 Å². The van der Waals surface area contributed by atoms with Crippen LogP contribution in [0.1, 0.15) is 69.8 Å². The maximum atomic E-state index is 12.5. The first-order chi connectivity index (χ1) is 12.3. The van der Waals surface area contributed by atoms with Crippen LogP contribution in [0.4, 0.5) is 13.2 Å². The molecule has 3 nitrogen and oxygen atoms in total. The Labute approximate surface area is 154 Å². The molecule has 0 spiro atoms. The summed E-state index contributed by atoms with van der Waals surface area (Å²) in [4.78, 5) is -0.0478. The Morgan fingerprint density at radius 3 is 1.58 bits per heavy atom. The summed E-state index contributed by atoms with van der Waals surface area (Å²) in [6.45, 7) is 0.259. The molecule has 26 heavy (non-hydrogen) atoms. The van der Waals surface area contributed by atoms with Crippen LogP contribution in [0, 0.1) is 0 Å². The van der Waals surface area contributed by atoms with Gasteiger partial charge in [-0.3, -0.25) is 0 Å². The summed E-state index contributed by atoms with van der Waals surface area (Å²) >= 11 is 0. The SMILES string of the molecule is O=S(=O)(CCCCCCCCCCCCO)c1ccc(C(F)(F)F)cc1. The molecule has 0 unspecified atom stereocenters. The average Bonchev–Trinajstić information content (AvgIpc) is 2.59. The summed E-state index contributed by atoms with van der Waals surface area (Å²) < 4.78 is 61.8. The van der Waals surface area contributed by atoms with Gasteiger partial charge in [0, 0.05) is 6.61 Å². The van der Waals surface area contributed by atoms with E-state index >= 15 is 0 Å². The van der Waals surface area contributed by atoms with Gasteiger partial charge in [0.05, 0.1) is 16.2 Å². The summed E-state index contributed by atoms with van der Waals surface area (Å²) in [5, 5.41) is 8.68. The van der Waals surface area contributed by atoms with Gasteiger partial charge in [-0.05, 0) is 37.1 Å². The molecule has 0 aliphatic rings. The predicted octanol–water partition coefficient (Wildman–Crippen LogP) is 5.37. The van der Waals surface area contributed by atoms with E-state index in [2.05, 4.69) is 0 Å². The lowest BCUT2D eigenvalue weighted by Gasteiger charge is -2.08. The predicted molar refractivity (Wildman–Crippen MR) is 96.8 cm³/mol. The molecule has 0 aliphatic heterocycles. The number of unbranched alkanes of at least 4 members (excludes halogenated alkanes) is 9. The second kappa shape index (κ2) is 11.6. The monoisotopic (exact) mass is 394 g/mol. The maximum Gasteiger partial charge on any atom is 0.416 e. The number of sulfone groups is 1.